The van der Waals surface area contributed by atoms with Crippen molar-refractivity contribution in [2.75, 3.05) is 0 Å². The van der Waals surface area contributed by atoms with Crippen LogP contribution < -0.4 is 5.32 Å². The SMILES string of the molecule is O=C1NC=NC12C=CCc1ccccc12. The molecule has 1 amide bonds. The van der Waals surface area contributed by atoms with Crippen molar-refractivity contribution in [1.29, 1.82) is 0 Å². The molecule has 3 rings (SSSR count). The van der Waals surface area contributed by atoms with Gasteiger partial charge in [-0.3, -0.25) is 4.79 Å². The highest BCUT2D eigenvalue weighted by molar-refractivity contribution is 6.02. The Hall–Kier alpha value is -1.90. The number of allylic oxidation sites excluding steroid dienone is 1. The third-order valence-electron chi connectivity index (χ3n) is 2.93. The maximum atomic E-state index is 11.8. The van der Waals surface area contributed by atoms with Crippen LogP contribution in [0, 0.1) is 0 Å². The van der Waals surface area contributed by atoms with Crippen LogP contribution in [-0.2, 0) is 16.8 Å². The maximum absolute atomic E-state index is 11.8. The highest BCUT2D eigenvalue weighted by Crippen LogP contribution is 2.35. The van der Waals surface area contributed by atoms with Crippen LogP contribution in [0.15, 0.2) is 41.4 Å². The van der Waals surface area contributed by atoms with E-state index in [0.29, 0.717) is 0 Å². The number of carbonyl (C=O) groups excluding carboxylic acids is 1. The van der Waals surface area contributed by atoms with Gasteiger partial charge in [0.15, 0.2) is 5.54 Å². The lowest BCUT2D eigenvalue weighted by Crippen LogP contribution is -2.36. The van der Waals surface area contributed by atoms with Gasteiger partial charge in [-0.25, -0.2) is 4.99 Å². The van der Waals surface area contributed by atoms with E-state index in [9.17, 15) is 4.79 Å². The summed E-state index contributed by atoms with van der Waals surface area (Å²) < 4.78 is 0. The van der Waals surface area contributed by atoms with Crippen LogP contribution in [0.5, 0.6) is 0 Å². The third-order valence-corrected chi connectivity index (χ3v) is 2.93. The molecule has 2 aliphatic rings. The molecular weight excluding hydrogens is 188 g/mol. The average Bonchev–Trinajstić information content (AvgIpc) is 2.62. The van der Waals surface area contributed by atoms with Gasteiger partial charge in [0.25, 0.3) is 5.91 Å². The molecule has 0 saturated carbocycles. The molecule has 15 heavy (non-hydrogen) atoms. The molecule has 1 aliphatic carbocycles. The fraction of sp³-hybridized carbons (Fsp3) is 0.167. The van der Waals surface area contributed by atoms with E-state index in [4.69, 9.17) is 0 Å². The lowest BCUT2D eigenvalue weighted by atomic mass is 9.81. The Bertz CT molecular complexity index is 490. The van der Waals surface area contributed by atoms with Gasteiger partial charge in [-0.15, -0.1) is 0 Å². The fourth-order valence-electron chi connectivity index (χ4n) is 2.19. The summed E-state index contributed by atoms with van der Waals surface area (Å²) in [4.78, 5) is 16.1. The van der Waals surface area contributed by atoms with E-state index in [1.54, 1.807) is 0 Å². The zero-order chi connectivity index (χ0) is 10.3. The normalized spacial score (nSPS) is 26.8. The molecule has 0 fully saturated rings. The Labute approximate surface area is 87.5 Å². The number of amides is 1. The first-order valence-corrected chi connectivity index (χ1v) is 4.94. The summed E-state index contributed by atoms with van der Waals surface area (Å²) in [7, 11) is 0. The van der Waals surface area contributed by atoms with Gasteiger partial charge in [0, 0.05) is 0 Å². The number of aliphatic imine (C=N–C) groups is 1. The van der Waals surface area contributed by atoms with Crippen LogP contribution in [0.4, 0.5) is 0 Å². The number of carbonyl (C=O) groups is 1. The Morgan fingerprint density at radius 3 is 3.00 bits per heavy atom. The maximum Gasteiger partial charge on any atom is 0.261 e. The number of hydrogen-bond donors (Lipinski definition) is 1. The molecule has 1 atom stereocenters. The predicted molar refractivity (Wildman–Crippen MR) is 57.6 cm³/mol. The Balaban J connectivity index is 2.26. The highest BCUT2D eigenvalue weighted by Gasteiger charge is 2.42. The number of fused-ring (bicyclic) bond motifs is 2. The molecule has 1 aliphatic heterocycles. The van der Waals surface area contributed by atoms with Gasteiger partial charge >= 0.3 is 0 Å². The smallest absolute Gasteiger partial charge is 0.261 e. The molecule has 74 valence electrons. The average molecular weight is 198 g/mol. The molecule has 0 radical (unpaired) electrons. The molecule has 0 saturated heterocycles. The quantitative estimate of drug-likeness (QED) is 0.624. The van der Waals surface area contributed by atoms with E-state index in [1.807, 2.05) is 36.4 Å². The summed E-state index contributed by atoms with van der Waals surface area (Å²) in [5.41, 5.74) is 1.38. The predicted octanol–water partition coefficient (Wildman–Crippen LogP) is 1.15. The van der Waals surface area contributed by atoms with Gasteiger partial charge in [-0.05, 0) is 23.6 Å². The Morgan fingerprint density at radius 2 is 2.20 bits per heavy atom. The van der Waals surface area contributed by atoms with Crippen molar-refractivity contribution in [3.8, 4) is 0 Å². The van der Waals surface area contributed by atoms with E-state index in [-0.39, 0.29) is 5.91 Å². The lowest BCUT2D eigenvalue weighted by Gasteiger charge is -2.26. The lowest BCUT2D eigenvalue weighted by molar-refractivity contribution is -0.122. The molecule has 3 nitrogen and oxygen atoms in total. The molecule has 1 N–H and O–H groups in total. The monoisotopic (exact) mass is 198 g/mol. The topological polar surface area (TPSA) is 41.5 Å². The summed E-state index contributed by atoms with van der Waals surface area (Å²) in [6, 6.07) is 7.95. The van der Waals surface area contributed by atoms with E-state index >= 15 is 0 Å². The standard InChI is InChI=1S/C12H10N2O/c15-11-12(14-8-13-11)7-3-5-9-4-1-2-6-10(9)12/h1-4,6-8H,5H2,(H,13,14,15). The minimum absolute atomic E-state index is 0.0640. The number of nitrogens with one attached hydrogen (secondary N) is 1. The second-order valence-electron chi connectivity index (χ2n) is 3.76. The van der Waals surface area contributed by atoms with Gasteiger partial charge in [0.1, 0.15) is 0 Å². The molecule has 1 spiro atoms. The first kappa shape index (κ1) is 8.41. The van der Waals surface area contributed by atoms with Gasteiger partial charge in [-0.2, -0.15) is 0 Å². The molecule has 0 bridgehead atoms. The highest BCUT2D eigenvalue weighted by atomic mass is 16.2. The fourth-order valence-corrected chi connectivity index (χ4v) is 2.19. The van der Waals surface area contributed by atoms with Crippen LogP contribution in [0.3, 0.4) is 0 Å². The van der Waals surface area contributed by atoms with E-state index in [2.05, 4.69) is 10.3 Å². The summed E-state index contributed by atoms with van der Waals surface area (Å²) in [6.45, 7) is 0. The second kappa shape index (κ2) is 2.79. The van der Waals surface area contributed by atoms with Crippen molar-refractivity contribution in [1.82, 2.24) is 5.32 Å². The van der Waals surface area contributed by atoms with Gasteiger partial charge in [0.2, 0.25) is 0 Å². The largest absolute Gasteiger partial charge is 0.314 e. The van der Waals surface area contributed by atoms with Crippen molar-refractivity contribution in [2.24, 2.45) is 4.99 Å². The first-order valence-electron chi connectivity index (χ1n) is 4.94. The minimum Gasteiger partial charge on any atom is -0.314 e. The number of rotatable bonds is 0. The summed E-state index contributed by atoms with van der Waals surface area (Å²) in [5, 5.41) is 2.64. The van der Waals surface area contributed by atoms with Crippen molar-refractivity contribution in [2.45, 2.75) is 12.0 Å². The van der Waals surface area contributed by atoms with Crippen LogP contribution in [0.1, 0.15) is 11.1 Å². The molecule has 1 unspecified atom stereocenters. The van der Waals surface area contributed by atoms with Crippen LogP contribution >= 0.6 is 0 Å². The van der Waals surface area contributed by atoms with Crippen molar-refractivity contribution in [3.05, 3.63) is 47.5 Å². The Kier molecular flexibility index (Phi) is 1.57. The molecule has 0 aromatic heterocycles. The minimum atomic E-state index is -0.797. The van der Waals surface area contributed by atoms with E-state index < -0.39 is 5.54 Å². The second-order valence-corrected chi connectivity index (χ2v) is 3.76. The van der Waals surface area contributed by atoms with Crippen molar-refractivity contribution in [3.63, 3.8) is 0 Å². The Morgan fingerprint density at radius 1 is 1.33 bits per heavy atom. The van der Waals surface area contributed by atoms with Gasteiger partial charge in [-0.1, -0.05) is 30.3 Å². The molecular formula is C12H10N2O. The van der Waals surface area contributed by atoms with Gasteiger partial charge in [0.05, 0.1) is 6.34 Å². The van der Waals surface area contributed by atoms with Crippen LogP contribution in [0.25, 0.3) is 0 Å². The molecule has 1 aromatic carbocycles. The van der Waals surface area contributed by atoms with Crippen LogP contribution in [0.2, 0.25) is 0 Å². The van der Waals surface area contributed by atoms with Crippen molar-refractivity contribution < 1.29 is 4.79 Å². The number of hydrogen-bond acceptors (Lipinski definition) is 2. The molecule has 3 heteroatoms. The first-order chi connectivity index (χ1) is 7.33. The summed E-state index contributed by atoms with van der Waals surface area (Å²) in [5.74, 6) is -0.0640. The zero-order valence-electron chi connectivity index (χ0n) is 8.10. The third kappa shape index (κ3) is 1.00. The number of benzene rings is 1. The molecule has 1 heterocycles. The van der Waals surface area contributed by atoms with Crippen molar-refractivity contribution >= 4 is 12.2 Å². The summed E-state index contributed by atoms with van der Waals surface area (Å²) in [6.07, 6.45) is 6.24. The molecule has 1 aromatic rings. The zero-order valence-corrected chi connectivity index (χ0v) is 8.10. The number of nitrogens with zero attached hydrogens (tertiary/aromatic N) is 1. The van der Waals surface area contributed by atoms with Crippen LogP contribution in [-0.4, -0.2) is 12.2 Å². The summed E-state index contributed by atoms with van der Waals surface area (Å²) >= 11 is 0. The van der Waals surface area contributed by atoms with Gasteiger partial charge < -0.3 is 5.32 Å². The van der Waals surface area contributed by atoms with E-state index in [1.165, 1.54) is 11.9 Å². The van der Waals surface area contributed by atoms with E-state index in [0.717, 1.165) is 12.0 Å².